The molecule has 0 amide bonds. The Hall–Kier alpha value is -0.530. The lowest BCUT2D eigenvalue weighted by atomic mass is 9.50. The summed E-state index contributed by atoms with van der Waals surface area (Å²) in [5, 5.41) is 32.0. The lowest BCUT2D eigenvalue weighted by molar-refractivity contribution is -0.468. The molecule has 0 aromatic carbocycles. The molecule has 6 nitrogen and oxygen atoms in total. The molecule has 36 heavy (non-hydrogen) atoms. The van der Waals surface area contributed by atoms with Crippen LogP contribution in [0, 0.1) is 28.6 Å². The molecule has 5 rings (SSSR count). The van der Waals surface area contributed by atoms with Crippen LogP contribution in [0.5, 0.6) is 0 Å². The van der Waals surface area contributed by atoms with Gasteiger partial charge < -0.3 is 24.8 Å². The van der Waals surface area contributed by atoms with Gasteiger partial charge in [-0.1, -0.05) is 27.7 Å². The largest absolute Gasteiger partial charge is 0.390 e. The predicted molar refractivity (Wildman–Crippen MR) is 139 cm³/mol. The summed E-state index contributed by atoms with van der Waals surface area (Å²) in [6.07, 6.45) is 6.73. The van der Waals surface area contributed by atoms with Gasteiger partial charge in [-0.3, -0.25) is 4.79 Å². The second-order valence-electron chi connectivity index (χ2n) is 14.5. The maximum absolute atomic E-state index is 13.4. The Balaban J connectivity index is 1.59. The highest BCUT2D eigenvalue weighted by atomic mass is 16.7. The Morgan fingerprint density at radius 3 is 2.33 bits per heavy atom. The van der Waals surface area contributed by atoms with Crippen molar-refractivity contribution in [3.63, 3.8) is 0 Å². The number of hydrogen-bond donors (Lipinski definition) is 3. The van der Waals surface area contributed by atoms with Crippen LogP contribution in [0.25, 0.3) is 0 Å². The Morgan fingerprint density at radius 2 is 1.72 bits per heavy atom. The first kappa shape index (κ1) is 28.5. The van der Waals surface area contributed by atoms with E-state index in [0.29, 0.717) is 43.3 Å². The molecule has 3 heterocycles. The van der Waals surface area contributed by atoms with Crippen LogP contribution in [0.3, 0.4) is 0 Å². The molecule has 0 aromatic heterocycles. The molecule has 5 aliphatic rings. The number of ketones is 1. The lowest BCUT2D eigenvalue weighted by Crippen LogP contribution is -2.78. The fraction of sp³-hybridized carbons (Fsp3) is 0.967. The molecule has 3 saturated heterocycles. The van der Waals surface area contributed by atoms with E-state index < -0.39 is 34.1 Å². The summed E-state index contributed by atoms with van der Waals surface area (Å²) in [6, 6.07) is 0. The summed E-state index contributed by atoms with van der Waals surface area (Å²) >= 11 is 0. The number of ether oxygens (including phenoxy) is 2. The van der Waals surface area contributed by atoms with Crippen LogP contribution >= 0.6 is 0 Å². The second kappa shape index (κ2) is 9.01. The van der Waals surface area contributed by atoms with E-state index in [1.165, 1.54) is 0 Å². The second-order valence-corrected chi connectivity index (χ2v) is 14.5. The number of hydrogen-bond acceptors (Lipinski definition) is 6. The number of rotatable bonds is 7. The van der Waals surface area contributed by atoms with Gasteiger partial charge >= 0.3 is 0 Å². The summed E-state index contributed by atoms with van der Waals surface area (Å²) in [5.41, 5.74) is -3.03. The Bertz CT molecular complexity index is 849. The standard InChI is InChI=1S/C30H52O6/c1-19-9-11-23(32)27(7,15-14-22(31)25(3,4)33)21(19)13-16-28(8)20(2)10-12-24-29(28)17-18-30(34,35-24)26(5,6)36-29/h19-22,24,31,33-34H,9-18H2,1-8H3. The Morgan fingerprint density at radius 1 is 1.06 bits per heavy atom. The topological polar surface area (TPSA) is 96.2 Å². The zero-order chi connectivity index (χ0) is 26.9. The van der Waals surface area contributed by atoms with Gasteiger partial charge in [0.2, 0.25) is 0 Å². The number of aliphatic hydroxyl groups excluding tert-OH is 1. The van der Waals surface area contributed by atoms with E-state index in [4.69, 9.17) is 9.47 Å². The number of carbonyl (C=O) groups is 1. The SMILES string of the molecule is CC1CCC(=O)C(C)(CCC(O)C(C)(C)O)C1CCC1(C)C(C)CCC2OC3(O)CCC21OC3(C)C. The highest BCUT2D eigenvalue weighted by molar-refractivity contribution is 5.85. The molecule has 6 heteroatoms. The molecule has 1 spiro atoms. The molecule has 208 valence electrons. The van der Waals surface area contributed by atoms with Gasteiger partial charge in [0, 0.05) is 23.7 Å². The number of fused-ring (bicyclic) bond motifs is 2. The van der Waals surface area contributed by atoms with E-state index >= 15 is 0 Å². The fourth-order valence-electron chi connectivity index (χ4n) is 8.51. The van der Waals surface area contributed by atoms with Gasteiger partial charge in [0.1, 0.15) is 17.0 Å². The van der Waals surface area contributed by atoms with Crippen LogP contribution in [0.15, 0.2) is 0 Å². The zero-order valence-corrected chi connectivity index (χ0v) is 24.0. The zero-order valence-electron chi connectivity index (χ0n) is 24.0. The number of Topliss-reactive ketones (excluding diaryl/α,β-unsaturated/α-hetero) is 1. The average Bonchev–Trinajstić information content (AvgIpc) is 2.77. The first-order valence-electron chi connectivity index (χ1n) is 14.5. The maximum atomic E-state index is 13.4. The minimum absolute atomic E-state index is 0.107. The molecule has 9 unspecified atom stereocenters. The van der Waals surface area contributed by atoms with Gasteiger partial charge in [0.05, 0.1) is 17.8 Å². The smallest absolute Gasteiger partial charge is 0.195 e. The summed E-state index contributed by atoms with van der Waals surface area (Å²) in [4.78, 5) is 13.4. The first-order chi connectivity index (χ1) is 16.4. The summed E-state index contributed by atoms with van der Waals surface area (Å²) in [6.45, 7) is 16.2. The minimum Gasteiger partial charge on any atom is -0.390 e. The van der Waals surface area contributed by atoms with Crippen LogP contribution in [0.1, 0.15) is 120 Å². The van der Waals surface area contributed by atoms with Crippen molar-refractivity contribution >= 4 is 5.78 Å². The quantitative estimate of drug-likeness (QED) is 0.440. The molecule has 2 bridgehead atoms. The molecule has 5 fully saturated rings. The van der Waals surface area contributed by atoms with Gasteiger partial charge in [0.25, 0.3) is 0 Å². The van der Waals surface area contributed by atoms with Crippen LogP contribution in [-0.2, 0) is 14.3 Å². The molecular weight excluding hydrogens is 456 g/mol. The molecule has 0 aromatic rings. The third-order valence-corrected chi connectivity index (χ3v) is 11.7. The van der Waals surface area contributed by atoms with Crippen molar-refractivity contribution in [2.24, 2.45) is 28.6 Å². The molecule has 3 aliphatic heterocycles. The van der Waals surface area contributed by atoms with Gasteiger partial charge in [-0.2, -0.15) is 0 Å². The fourth-order valence-corrected chi connectivity index (χ4v) is 8.51. The van der Waals surface area contributed by atoms with Crippen molar-refractivity contribution in [3.8, 4) is 0 Å². The van der Waals surface area contributed by atoms with E-state index in [9.17, 15) is 20.1 Å². The first-order valence-corrected chi connectivity index (χ1v) is 14.5. The van der Waals surface area contributed by atoms with Crippen molar-refractivity contribution in [2.75, 3.05) is 0 Å². The molecule has 2 aliphatic carbocycles. The maximum Gasteiger partial charge on any atom is 0.195 e. The highest BCUT2D eigenvalue weighted by Gasteiger charge is 2.72. The van der Waals surface area contributed by atoms with Crippen molar-refractivity contribution in [1.82, 2.24) is 0 Å². The van der Waals surface area contributed by atoms with Crippen LogP contribution in [0.2, 0.25) is 0 Å². The van der Waals surface area contributed by atoms with Gasteiger partial charge in [-0.05, 0) is 96.8 Å². The molecule has 0 radical (unpaired) electrons. The summed E-state index contributed by atoms with van der Waals surface area (Å²) in [5.74, 6) is 0.138. The minimum atomic E-state index is -1.23. The van der Waals surface area contributed by atoms with Crippen molar-refractivity contribution in [3.05, 3.63) is 0 Å². The molecule has 2 saturated carbocycles. The summed E-state index contributed by atoms with van der Waals surface area (Å²) < 4.78 is 13.3. The van der Waals surface area contributed by atoms with Gasteiger partial charge in [0.15, 0.2) is 5.79 Å². The highest BCUT2D eigenvalue weighted by Crippen LogP contribution is 2.65. The number of aliphatic hydroxyl groups is 3. The monoisotopic (exact) mass is 508 g/mol. The van der Waals surface area contributed by atoms with Gasteiger partial charge in [-0.15, -0.1) is 0 Å². The predicted octanol–water partition coefficient (Wildman–Crippen LogP) is 5.15. The van der Waals surface area contributed by atoms with E-state index in [2.05, 4.69) is 27.7 Å². The van der Waals surface area contributed by atoms with E-state index in [-0.39, 0.29) is 17.4 Å². The third-order valence-electron chi connectivity index (χ3n) is 11.7. The van der Waals surface area contributed by atoms with Crippen LogP contribution in [0.4, 0.5) is 0 Å². The van der Waals surface area contributed by atoms with Crippen molar-refractivity contribution < 1.29 is 29.6 Å². The molecule has 9 atom stereocenters. The average molecular weight is 509 g/mol. The Kier molecular flexibility index (Phi) is 7.13. The van der Waals surface area contributed by atoms with E-state index in [0.717, 1.165) is 38.5 Å². The van der Waals surface area contributed by atoms with E-state index in [1.807, 2.05) is 13.8 Å². The van der Waals surface area contributed by atoms with Crippen molar-refractivity contribution in [1.29, 1.82) is 0 Å². The normalized spacial score (nSPS) is 47.5. The van der Waals surface area contributed by atoms with Crippen LogP contribution < -0.4 is 0 Å². The van der Waals surface area contributed by atoms with E-state index in [1.54, 1.807) is 13.8 Å². The summed E-state index contributed by atoms with van der Waals surface area (Å²) in [7, 11) is 0. The molecular formula is C30H52O6. The number of carbonyl (C=O) groups excluding carboxylic acids is 1. The third kappa shape index (κ3) is 4.22. The lowest BCUT2D eigenvalue weighted by Gasteiger charge is -2.70. The Labute approximate surface area is 218 Å². The van der Waals surface area contributed by atoms with Crippen molar-refractivity contribution in [2.45, 2.75) is 154 Å². The molecule has 3 N–H and O–H groups in total. The van der Waals surface area contributed by atoms with Gasteiger partial charge in [-0.25, -0.2) is 0 Å². The van der Waals surface area contributed by atoms with Crippen LogP contribution in [-0.4, -0.2) is 55.9 Å².